The Labute approximate surface area is 147 Å². The summed E-state index contributed by atoms with van der Waals surface area (Å²) in [6.45, 7) is 1.35. The molecule has 0 aromatic heterocycles. The Bertz CT molecular complexity index is 859. The Morgan fingerprint density at radius 2 is 2.04 bits per heavy atom. The Hall–Kier alpha value is -2.46. The monoisotopic (exact) mass is 336 g/mol. The zero-order chi connectivity index (χ0) is 17.4. The van der Waals surface area contributed by atoms with E-state index in [-0.39, 0.29) is 17.8 Å². The van der Waals surface area contributed by atoms with Crippen molar-refractivity contribution in [2.75, 3.05) is 13.6 Å². The van der Waals surface area contributed by atoms with Gasteiger partial charge in [-0.25, -0.2) is 4.39 Å². The summed E-state index contributed by atoms with van der Waals surface area (Å²) >= 11 is 0. The maximum Gasteiger partial charge on any atom is 0.247 e. The number of amides is 1. The molecule has 2 aromatic rings. The van der Waals surface area contributed by atoms with Crippen LogP contribution in [0.1, 0.15) is 22.3 Å². The number of hydrogen-bond acceptors (Lipinski definition) is 2. The molecule has 1 heterocycles. The van der Waals surface area contributed by atoms with Crippen LogP contribution in [0.25, 0.3) is 6.08 Å². The second-order valence-electron chi connectivity index (χ2n) is 6.94. The van der Waals surface area contributed by atoms with Gasteiger partial charge in [-0.05, 0) is 53.9 Å². The van der Waals surface area contributed by atoms with Gasteiger partial charge in [0.15, 0.2) is 0 Å². The molecule has 2 aliphatic rings. The molecule has 0 saturated heterocycles. The number of carbonyl (C=O) groups is 1. The number of halogens is 1. The maximum atomic E-state index is 13.5. The van der Waals surface area contributed by atoms with Crippen LogP contribution in [0.2, 0.25) is 0 Å². The number of hydrogen-bond donors (Lipinski definition) is 1. The highest BCUT2D eigenvalue weighted by Gasteiger charge is 2.25. The van der Waals surface area contributed by atoms with E-state index in [9.17, 15) is 9.18 Å². The topological polar surface area (TPSA) is 32.3 Å². The fourth-order valence-electron chi connectivity index (χ4n) is 3.72. The lowest BCUT2D eigenvalue weighted by molar-refractivity contribution is -0.117. The predicted molar refractivity (Wildman–Crippen MR) is 96.5 cm³/mol. The van der Waals surface area contributed by atoms with Crippen LogP contribution in [0.3, 0.4) is 0 Å². The molecule has 3 nitrogen and oxygen atoms in total. The summed E-state index contributed by atoms with van der Waals surface area (Å²) in [4.78, 5) is 14.7. The number of carbonyl (C=O) groups excluding carboxylic acids is 1. The third-order valence-corrected chi connectivity index (χ3v) is 5.22. The van der Waals surface area contributed by atoms with Crippen molar-refractivity contribution in [2.24, 2.45) is 0 Å². The SMILES string of the molecule is CN1Cc2ccc(F)cc2CC1CNC(=O)C1=Cc2ccccc2C1. The van der Waals surface area contributed by atoms with Gasteiger partial charge in [-0.2, -0.15) is 0 Å². The quantitative estimate of drug-likeness (QED) is 0.935. The van der Waals surface area contributed by atoms with Crippen LogP contribution in [0.4, 0.5) is 4.39 Å². The van der Waals surface area contributed by atoms with Crippen LogP contribution in [-0.2, 0) is 24.2 Å². The summed E-state index contributed by atoms with van der Waals surface area (Å²) in [5.41, 5.74) is 5.36. The fraction of sp³-hybridized carbons (Fsp3) is 0.286. The lowest BCUT2D eigenvalue weighted by Gasteiger charge is -2.34. The maximum absolute atomic E-state index is 13.5. The first kappa shape index (κ1) is 16.0. The molecule has 2 aromatic carbocycles. The van der Waals surface area contributed by atoms with E-state index < -0.39 is 0 Å². The second kappa shape index (κ2) is 6.45. The smallest absolute Gasteiger partial charge is 0.247 e. The molecule has 1 atom stereocenters. The highest BCUT2D eigenvalue weighted by atomic mass is 19.1. The van der Waals surface area contributed by atoms with E-state index in [1.807, 2.05) is 37.4 Å². The molecule has 4 rings (SSSR count). The average Bonchev–Trinajstić information content (AvgIpc) is 3.04. The molecular weight excluding hydrogens is 315 g/mol. The van der Waals surface area contributed by atoms with Crippen molar-refractivity contribution >= 4 is 12.0 Å². The van der Waals surface area contributed by atoms with Crippen LogP contribution >= 0.6 is 0 Å². The highest BCUT2D eigenvalue weighted by Crippen LogP contribution is 2.25. The standard InChI is InChI=1S/C21H21FN2O/c1-24-13-16-6-7-19(22)10-17(16)11-20(24)12-23-21(25)18-8-14-4-2-3-5-15(14)9-18/h2-8,10,20H,9,11-13H2,1H3,(H,23,25). The van der Waals surface area contributed by atoms with E-state index in [4.69, 9.17) is 0 Å². The summed E-state index contributed by atoms with van der Waals surface area (Å²) < 4.78 is 13.5. The second-order valence-corrected chi connectivity index (χ2v) is 6.94. The van der Waals surface area contributed by atoms with Crippen molar-refractivity contribution in [3.8, 4) is 0 Å². The van der Waals surface area contributed by atoms with Gasteiger partial charge in [0.2, 0.25) is 5.91 Å². The zero-order valence-corrected chi connectivity index (χ0v) is 14.3. The number of rotatable bonds is 3. The van der Waals surface area contributed by atoms with Crippen LogP contribution in [0.5, 0.6) is 0 Å². The van der Waals surface area contributed by atoms with Crippen molar-refractivity contribution in [3.05, 3.63) is 76.1 Å². The van der Waals surface area contributed by atoms with Gasteiger partial charge in [0, 0.05) is 31.1 Å². The van der Waals surface area contributed by atoms with Gasteiger partial charge in [0.05, 0.1) is 0 Å². The molecule has 0 radical (unpaired) electrons. The van der Waals surface area contributed by atoms with Gasteiger partial charge >= 0.3 is 0 Å². The summed E-state index contributed by atoms with van der Waals surface area (Å²) in [7, 11) is 2.05. The van der Waals surface area contributed by atoms with Gasteiger partial charge in [-0.15, -0.1) is 0 Å². The largest absolute Gasteiger partial charge is 0.351 e. The Morgan fingerprint density at radius 1 is 1.20 bits per heavy atom. The summed E-state index contributed by atoms with van der Waals surface area (Å²) in [5.74, 6) is -0.199. The first-order chi connectivity index (χ1) is 12.1. The van der Waals surface area contributed by atoms with Crippen molar-refractivity contribution in [1.82, 2.24) is 10.2 Å². The molecule has 1 aliphatic heterocycles. The van der Waals surface area contributed by atoms with Crippen molar-refractivity contribution in [1.29, 1.82) is 0 Å². The number of nitrogens with zero attached hydrogens (tertiary/aromatic N) is 1. The third kappa shape index (κ3) is 3.22. The molecule has 0 fully saturated rings. The summed E-state index contributed by atoms with van der Waals surface area (Å²) in [6.07, 6.45) is 3.42. The highest BCUT2D eigenvalue weighted by molar-refractivity contribution is 6.00. The van der Waals surface area contributed by atoms with E-state index in [0.29, 0.717) is 13.0 Å². The lowest BCUT2D eigenvalue weighted by Crippen LogP contribution is -2.45. The third-order valence-electron chi connectivity index (χ3n) is 5.22. The molecule has 0 saturated carbocycles. The average molecular weight is 336 g/mol. The van der Waals surface area contributed by atoms with E-state index in [1.165, 1.54) is 17.2 Å². The van der Waals surface area contributed by atoms with Gasteiger partial charge in [0.25, 0.3) is 0 Å². The number of benzene rings is 2. The van der Waals surface area contributed by atoms with Gasteiger partial charge in [-0.1, -0.05) is 30.3 Å². The zero-order valence-electron chi connectivity index (χ0n) is 14.3. The molecular formula is C21H21FN2O. The van der Waals surface area contributed by atoms with Crippen molar-refractivity contribution in [2.45, 2.75) is 25.4 Å². The van der Waals surface area contributed by atoms with E-state index in [1.54, 1.807) is 6.07 Å². The molecule has 1 N–H and O–H groups in total. The molecule has 25 heavy (non-hydrogen) atoms. The van der Waals surface area contributed by atoms with Gasteiger partial charge in [0.1, 0.15) is 5.82 Å². The number of likely N-dealkylation sites (N-methyl/N-ethyl adjacent to an activating group) is 1. The van der Waals surface area contributed by atoms with Crippen LogP contribution in [0.15, 0.2) is 48.0 Å². The van der Waals surface area contributed by atoms with E-state index in [0.717, 1.165) is 29.7 Å². The Kier molecular flexibility index (Phi) is 4.14. The lowest BCUT2D eigenvalue weighted by atomic mass is 9.94. The minimum Gasteiger partial charge on any atom is -0.351 e. The molecule has 4 heteroatoms. The molecule has 128 valence electrons. The van der Waals surface area contributed by atoms with Crippen LogP contribution in [-0.4, -0.2) is 30.4 Å². The first-order valence-corrected chi connectivity index (χ1v) is 8.64. The van der Waals surface area contributed by atoms with Crippen molar-refractivity contribution in [3.63, 3.8) is 0 Å². The number of nitrogens with one attached hydrogen (secondary N) is 1. The van der Waals surface area contributed by atoms with E-state index >= 15 is 0 Å². The van der Waals surface area contributed by atoms with Gasteiger partial charge < -0.3 is 5.32 Å². The minimum absolute atomic E-state index is 0.00496. The van der Waals surface area contributed by atoms with Gasteiger partial charge in [-0.3, -0.25) is 9.69 Å². The minimum atomic E-state index is -0.194. The molecule has 0 bridgehead atoms. The van der Waals surface area contributed by atoms with Crippen LogP contribution < -0.4 is 5.32 Å². The number of fused-ring (bicyclic) bond motifs is 2. The molecule has 1 unspecified atom stereocenters. The molecule has 1 aliphatic carbocycles. The summed E-state index contributed by atoms with van der Waals surface area (Å²) in [6, 6.07) is 13.3. The van der Waals surface area contributed by atoms with Crippen LogP contribution in [0, 0.1) is 5.82 Å². The van der Waals surface area contributed by atoms with E-state index in [2.05, 4.69) is 16.3 Å². The predicted octanol–water partition coefficient (Wildman–Crippen LogP) is 2.94. The summed E-state index contributed by atoms with van der Waals surface area (Å²) in [5, 5.41) is 3.06. The molecule has 0 spiro atoms. The van der Waals surface area contributed by atoms with Crippen molar-refractivity contribution < 1.29 is 9.18 Å². The Morgan fingerprint density at radius 3 is 2.88 bits per heavy atom. The first-order valence-electron chi connectivity index (χ1n) is 8.64. The molecule has 1 amide bonds. The fourth-order valence-corrected chi connectivity index (χ4v) is 3.72. The Balaban J connectivity index is 1.40. The normalized spacial score (nSPS) is 19.1.